The van der Waals surface area contributed by atoms with E-state index >= 15 is 0 Å². The van der Waals surface area contributed by atoms with Gasteiger partial charge >= 0.3 is 0 Å². The van der Waals surface area contributed by atoms with E-state index in [9.17, 15) is 4.39 Å². The molecule has 0 aliphatic heterocycles. The number of anilines is 1. The van der Waals surface area contributed by atoms with Crippen molar-refractivity contribution in [3.05, 3.63) is 62.8 Å². The molecule has 0 aliphatic carbocycles. The van der Waals surface area contributed by atoms with Crippen LogP contribution in [-0.2, 0) is 6.42 Å². The fourth-order valence-corrected chi connectivity index (χ4v) is 2.56. The minimum atomic E-state index is -0.238. The number of nitrogens with one attached hydrogen (secondary N) is 1. The normalized spacial score (nSPS) is 12.2. The lowest BCUT2D eigenvalue weighted by molar-refractivity contribution is 0.620. The Morgan fingerprint density at radius 3 is 2.55 bits per heavy atom. The van der Waals surface area contributed by atoms with E-state index in [1.54, 1.807) is 6.07 Å². The third-order valence-electron chi connectivity index (χ3n) is 3.12. The number of halogens is 3. The van der Waals surface area contributed by atoms with Crippen LogP contribution >= 0.6 is 27.5 Å². The minimum Gasteiger partial charge on any atom is -0.382 e. The SMILES string of the molecule is Cc1cc(F)c(Br)cc1NC(C)Cc1ccc(Cl)cc1. The van der Waals surface area contributed by atoms with E-state index < -0.39 is 0 Å². The molecule has 2 aromatic rings. The molecular weight excluding hydrogens is 341 g/mol. The van der Waals surface area contributed by atoms with E-state index in [0.717, 1.165) is 22.7 Å². The lowest BCUT2D eigenvalue weighted by Crippen LogP contribution is -2.18. The van der Waals surface area contributed by atoms with Gasteiger partial charge in [0, 0.05) is 16.8 Å². The van der Waals surface area contributed by atoms with Crippen molar-refractivity contribution in [1.29, 1.82) is 0 Å². The van der Waals surface area contributed by atoms with Crippen LogP contribution in [-0.4, -0.2) is 6.04 Å². The van der Waals surface area contributed by atoms with Crippen LogP contribution in [0.2, 0.25) is 5.02 Å². The van der Waals surface area contributed by atoms with Gasteiger partial charge in [0.05, 0.1) is 4.47 Å². The molecule has 0 fully saturated rings. The largest absolute Gasteiger partial charge is 0.382 e. The highest BCUT2D eigenvalue weighted by Gasteiger charge is 2.09. The first kappa shape index (κ1) is 15.3. The Bertz CT molecular complexity index is 598. The van der Waals surface area contributed by atoms with Crippen molar-refractivity contribution >= 4 is 33.2 Å². The van der Waals surface area contributed by atoms with Gasteiger partial charge in [-0.2, -0.15) is 0 Å². The van der Waals surface area contributed by atoms with Gasteiger partial charge in [-0.25, -0.2) is 4.39 Å². The second kappa shape index (κ2) is 6.59. The molecule has 0 saturated heterocycles. The number of rotatable bonds is 4. The summed E-state index contributed by atoms with van der Waals surface area (Å²) >= 11 is 9.09. The van der Waals surface area contributed by atoms with Crippen LogP contribution in [0.1, 0.15) is 18.1 Å². The van der Waals surface area contributed by atoms with E-state index in [1.165, 1.54) is 11.6 Å². The Hall–Kier alpha value is -1.06. The monoisotopic (exact) mass is 355 g/mol. The van der Waals surface area contributed by atoms with E-state index in [-0.39, 0.29) is 11.9 Å². The van der Waals surface area contributed by atoms with Crippen molar-refractivity contribution in [2.24, 2.45) is 0 Å². The summed E-state index contributed by atoms with van der Waals surface area (Å²) in [4.78, 5) is 0. The predicted molar refractivity (Wildman–Crippen MR) is 87.1 cm³/mol. The molecule has 2 rings (SSSR count). The molecule has 1 N–H and O–H groups in total. The lowest BCUT2D eigenvalue weighted by atomic mass is 10.1. The molecule has 2 aromatic carbocycles. The summed E-state index contributed by atoms with van der Waals surface area (Å²) in [5.41, 5.74) is 3.06. The van der Waals surface area contributed by atoms with Crippen molar-refractivity contribution in [2.75, 3.05) is 5.32 Å². The Kier molecular flexibility index (Phi) is 5.06. The van der Waals surface area contributed by atoms with Crippen molar-refractivity contribution < 1.29 is 4.39 Å². The van der Waals surface area contributed by atoms with Crippen LogP contribution in [0.15, 0.2) is 40.9 Å². The van der Waals surface area contributed by atoms with Crippen molar-refractivity contribution in [2.45, 2.75) is 26.3 Å². The lowest BCUT2D eigenvalue weighted by Gasteiger charge is -2.18. The number of hydrogen-bond donors (Lipinski definition) is 1. The summed E-state index contributed by atoms with van der Waals surface area (Å²) < 4.78 is 13.9. The number of aryl methyl sites for hydroxylation is 1. The second-order valence-electron chi connectivity index (χ2n) is 4.96. The maximum Gasteiger partial charge on any atom is 0.137 e. The fourth-order valence-electron chi connectivity index (χ4n) is 2.09. The number of hydrogen-bond acceptors (Lipinski definition) is 1. The van der Waals surface area contributed by atoms with Crippen molar-refractivity contribution in [3.8, 4) is 0 Å². The molecule has 0 aromatic heterocycles. The summed E-state index contributed by atoms with van der Waals surface area (Å²) in [6.45, 7) is 4.00. The van der Waals surface area contributed by atoms with Gasteiger partial charge < -0.3 is 5.32 Å². The van der Waals surface area contributed by atoms with Gasteiger partial charge in [0.25, 0.3) is 0 Å². The van der Waals surface area contributed by atoms with Crippen LogP contribution < -0.4 is 5.32 Å². The predicted octanol–water partition coefficient (Wildman–Crippen LogP) is 5.59. The Labute approximate surface area is 132 Å². The molecule has 1 nitrogen and oxygen atoms in total. The summed E-state index contributed by atoms with van der Waals surface area (Å²) in [5, 5.41) is 4.15. The molecule has 0 bridgehead atoms. The molecule has 0 aliphatic rings. The molecule has 106 valence electrons. The molecule has 0 spiro atoms. The van der Waals surface area contributed by atoms with Gasteiger partial charge in [-0.15, -0.1) is 0 Å². The van der Waals surface area contributed by atoms with Gasteiger partial charge in [-0.3, -0.25) is 0 Å². The summed E-state index contributed by atoms with van der Waals surface area (Å²) in [6.07, 6.45) is 0.881. The van der Waals surface area contributed by atoms with Crippen LogP contribution in [0.3, 0.4) is 0 Å². The average Bonchev–Trinajstić information content (AvgIpc) is 2.39. The van der Waals surface area contributed by atoms with E-state index in [1.807, 2.05) is 31.2 Å². The summed E-state index contributed by atoms with van der Waals surface area (Å²) in [5.74, 6) is -0.238. The van der Waals surface area contributed by atoms with Crippen molar-refractivity contribution in [3.63, 3.8) is 0 Å². The van der Waals surface area contributed by atoms with Gasteiger partial charge in [0.2, 0.25) is 0 Å². The van der Waals surface area contributed by atoms with Gasteiger partial charge in [-0.1, -0.05) is 23.7 Å². The van der Waals surface area contributed by atoms with Gasteiger partial charge in [-0.05, 0) is 71.6 Å². The molecule has 1 atom stereocenters. The second-order valence-corrected chi connectivity index (χ2v) is 6.25. The number of benzene rings is 2. The first-order valence-electron chi connectivity index (χ1n) is 6.42. The Morgan fingerprint density at radius 2 is 1.90 bits per heavy atom. The molecular formula is C16H16BrClFN. The Morgan fingerprint density at radius 1 is 1.25 bits per heavy atom. The molecule has 1 unspecified atom stereocenters. The first-order chi connectivity index (χ1) is 9.45. The zero-order valence-electron chi connectivity index (χ0n) is 11.4. The van der Waals surface area contributed by atoms with Gasteiger partial charge in [0.1, 0.15) is 5.82 Å². The first-order valence-corrected chi connectivity index (χ1v) is 7.59. The standard InChI is InChI=1S/C16H16BrClFN/c1-10-7-15(19)14(17)9-16(10)20-11(2)8-12-3-5-13(18)6-4-12/h3-7,9,11,20H,8H2,1-2H3. The van der Waals surface area contributed by atoms with Crippen LogP contribution in [0.5, 0.6) is 0 Å². The zero-order valence-corrected chi connectivity index (χ0v) is 13.7. The topological polar surface area (TPSA) is 12.0 Å². The maximum atomic E-state index is 13.4. The van der Waals surface area contributed by atoms with E-state index in [0.29, 0.717) is 4.47 Å². The quantitative estimate of drug-likeness (QED) is 0.752. The van der Waals surface area contributed by atoms with Crippen LogP contribution in [0, 0.1) is 12.7 Å². The average molecular weight is 357 g/mol. The summed E-state index contributed by atoms with van der Waals surface area (Å²) in [6, 6.07) is 11.4. The van der Waals surface area contributed by atoms with Crippen LogP contribution in [0.4, 0.5) is 10.1 Å². The smallest absolute Gasteiger partial charge is 0.137 e. The maximum absolute atomic E-state index is 13.4. The summed E-state index contributed by atoms with van der Waals surface area (Å²) in [7, 11) is 0. The minimum absolute atomic E-state index is 0.238. The fraction of sp³-hybridized carbons (Fsp3) is 0.250. The third-order valence-corrected chi connectivity index (χ3v) is 3.98. The van der Waals surface area contributed by atoms with E-state index in [2.05, 4.69) is 28.2 Å². The van der Waals surface area contributed by atoms with Crippen molar-refractivity contribution in [1.82, 2.24) is 0 Å². The molecule has 0 saturated carbocycles. The highest BCUT2D eigenvalue weighted by Crippen LogP contribution is 2.25. The third kappa shape index (κ3) is 3.97. The molecule has 0 amide bonds. The molecule has 20 heavy (non-hydrogen) atoms. The van der Waals surface area contributed by atoms with Crippen LogP contribution in [0.25, 0.3) is 0 Å². The molecule has 0 heterocycles. The highest BCUT2D eigenvalue weighted by atomic mass is 79.9. The van der Waals surface area contributed by atoms with E-state index in [4.69, 9.17) is 11.6 Å². The highest BCUT2D eigenvalue weighted by molar-refractivity contribution is 9.10. The molecule has 0 radical (unpaired) electrons. The molecule has 4 heteroatoms. The van der Waals surface area contributed by atoms with Gasteiger partial charge in [0.15, 0.2) is 0 Å². The Balaban J connectivity index is 2.06. The zero-order chi connectivity index (χ0) is 14.7.